The molecule has 1 aromatic rings. The van der Waals surface area contributed by atoms with Crippen molar-refractivity contribution in [3.63, 3.8) is 0 Å². The summed E-state index contributed by atoms with van der Waals surface area (Å²) in [5, 5.41) is 11.9. The SMILES string of the molecule is N#Cc1cccc(C(=O)NC2CCN(C(=O)C3CCC3)CC2)c1. The molecule has 0 radical (unpaired) electrons. The van der Waals surface area contributed by atoms with Crippen molar-refractivity contribution in [2.75, 3.05) is 13.1 Å². The van der Waals surface area contributed by atoms with Crippen LogP contribution in [0.3, 0.4) is 0 Å². The minimum Gasteiger partial charge on any atom is -0.349 e. The Balaban J connectivity index is 1.51. The molecule has 5 heteroatoms. The third-order valence-corrected chi connectivity index (χ3v) is 4.85. The molecule has 1 aliphatic heterocycles. The molecule has 5 nitrogen and oxygen atoms in total. The molecule has 1 saturated heterocycles. The average Bonchev–Trinajstić information content (AvgIpc) is 2.54. The van der Waals surface area contributed by atoms with E-state index in [1.165, 1.54) is 6.42 Å². The maximum atomic E-state index is 12.3. The summed E-state index contributed by atoms with van der Waals surface area (Å²) in [7, 11) is 0. The Morgan fingerprint density at radius 2 is 1.91 bits per heavy atom. The van der Waals surface area contributed by atoms with Crippen LogP contribution in [0.15, 0.2) is 24.3 Å². The van der Waals surface area contributed by atoms with Gasteiger partial charge in [0.05, 0.1) is 11.6 Å². The molecule has 0 spiro atoms. The Bertz CT molecular complexity index is 638. The quantitative estimate of drug-likeness (QED) is 0.929. The monoisotopic (exact) mass is 311 g/mol. The fourth-order valence-electron chi connectivity index (χ4n) is 3.16. The Morgan fingerprint density at radius 1 is 1.17 bits per heavy atom. The zero-order chi connectivity index (χ0) is 16.2. The van der Waals surface area contributed by atoms with Gasteiger partial charge in [-0.25, -0.2) is 0 Å². The first-order valence-corrected chi connectivity index (χ1v) is 8.27. The molecule has 2 fully saturated rings. The topological polar surface area (TPSA) is 73.2 Å². The summed E-state index contributed by atoms with van der Waals surface area (Å²) < 4.78 is 0. The van der Waals surface area contributed by atoms with Crippen molar-refractivity contribution in [1.82, 2.24) is 10.2 Å². The minimum atomic E-state index is -0.147. The Hall–Kier alpha value is -2.35. The van der Waals surface area contributed by atoms with Crippen LogP contribution < -0.4 is 5.32 Å². The van der Waals surface area contributed by atoms with Crippen LogP contribution in [0.1, 0.15) is 48.0 Å². The summed E-state index contributed by atoms with van der Waals surface area (Å²) in [5.41, 5.74) is 0.996. The summed E-state index contributed by atoms with van der Waals surface area (Å²) >= 11 is 0. The van der Waals surface area contributed by atoms with E-state index in [2.05, 4.69) is 5.32 Å². The molecule has 1 heterocycles. The molecule has 3 rings (SSSR count). The maximum absolute atomic E-state index is 12.3. The van der Waals surface area contributed by atoms with Crippen LogP contribution in [0, 0.1) is 17.2 Å². The van der Waals surface area contributed by atoms with Gasteiger partial charge in [-0.1, -0.05) is 12.5 Å². The first-order chi connectivity index (χ1) is 11.2. The molecule has 0 bridgehead atoms. The smallest absolute Gasteiger partial charge is 0.251 e. The molecule has 1 aliphatic carbocycles. The Kier molecular flexibility index (Phi) is 4.61. The lowest BCUT2D eigenvalue weighted by molar-refractivity contribution is -0.139. The third-order valence-electron chi connectivity index (χ3n) is 4.85. The number of rotatable bonds is 3. The molecule has 2 amide bonds. The number of amides is 2. The second kappa shape index (κ2) is 6.82. The molecular weight excluding hydrogens is 290 g/mol. The standard InChI is InChI=1S/C18H21N3O2/c19-12-13-3-1-6-15(11-13)17(22)20-16-7-9-21(10-8-16)18(23)14-4-2-5-14/h1,3,6,11,14,16H,2,4-5,7-10H2,(H,20,22). The predicted octanol–water partition coefficient (Wildman–Crippen LogP) is 2.08. The van der Waals surface area contributed by atoms with E-state index in [-0.39, 0.29) is 17.9 Å². The number of hydrogen-bond donors (Lipinski definition) is 1. The second-order valence-corrected chi connectivity index (χ2v) is 6.39. The van der Waals surface area contributed by atoms with Gasteiger partial charge < -0.3 is 10.2 Å². The van der Waals surface area contributed by atoms with Crippen molar-refractivity contribution < 1.29 is 9.59 Å². The number of carbonyl (C=O) groups is 2. The lowest BCUT2D eigenvalue weighted by Crippen LogP contribution is -2.48. The van der Waals surface area contributed by atoms with Gasteiger partial charge in [0.25, 0.3) is 5.91 Å². The van der Waals surface area contributed by atoms with Crippen molar-refractivity contribution in [1.29, 1.82) is 5.26 Å². The van der Waals surface area contributed by atoms with E-state index in [1.807, 2.05) is 11.0 Å². The van der Waals surface area contributed by atoms with Gasteiger partial charge in [-0.3, -0.25) is 9.59 Å². The van der Waals surface area contributed by atoms with Gasteiger partial charge in [0.15, 0.2) is 0 Å². The Morgan fingerprint density at radius 3 is 2.52 bits per heavy atom. The maximum Gasteiger partial charge on any atom is 0.251 e. The number of likely N-dealkylation sites (tertiary alicyclic amines) is 1. The molecule has 0 aromatic heterocycles. The van der Waals surface area contributed by atoms with Crippen LogP contribution in [0.25, 0.3) is 0 Å². The van der Waals surface area contributed by atoms with Crippen molar-refractivity contribution in [2.45, 2.75) is 38.1 Å². The zero-order valence-electron chi connectivity index (χ0n) is 13.1. The number of carbonyl (C=O) groups excluding carboxylic acids is 2. The number of hydrogen-bond acceptors (Lipinski definition) is 3. The summed E-state index contributed by atoms with van der Waals surface area (Å²) in [4.78, 5) is 26.4. The molecule has 0 unspecified atom stereocenters. The molecule has 2 aliphatic rings. The molecule has 23 heavy (non-hydrogen) atoms. The first kappa shape index (κ1) is 15.5. The Labute approximate surface area is 136 Å². The lowest BCUT2D eigenvalue weighted by Gasteiger charge is -2.36. The number of nitriles is 1. The van der Waals surface area contributed by atoms with Crippen LogP contribution in [0.2, 0.25) is 0 Å². The van der Waals surface area contributed by atoms with Gasteiger partial charge in [-0.2, -0.15) is 5.26 Å². The summed E-state index contributed by atoms with van der Waals surface area (Å²) in [5.74, 6) is 0.392. The second-order valence-electron chi connectivity index (χ2n) is 6.39. The first-order valence-electron chi connectivity index (χ1n) is 8.27. The highest BCUT2D eigenvalue weighted by Crippen LogP contribution is 2.29. The number of nitrogens with one attached hydrogen (secondary N) is 1. The molecule has 1 aromatic carbocycles. The van der Waals surface area contributed by atoms with Crippen molar-refractivity contribution >= 4 is 11.8 Å². The van der Waals surface area contributed by atoms with Crippen molar-refractivity contribution in [3.05, 3.63) is 35.4 Å². The van der Waals surface area contributed by atoms with Gasteiger partial charge in [0.2, 0.25) is 5.91 Å². The normalized spacial score (nSPS) is 18.8. The summed E-state index contributed by atoms with van der Waals surface area (Å²) in [6.07, 6.45) is 4.82. The van der Waals surface area contributed by atoms with Gasteiger partial charge in [-0.15, -0.1) is 0 Å². The average molecular weight is 311 g/mol. The highest BCUT2D eigenvalue weighted by Gasteiger charge is 2.31. The molecule has 120 valence electrons. The fourth-order valence-corrected chi connectivity index (χ4v) is 3.16. The molecule has 1 saturated carbocycles. The highest BCUT2D eigenvalue weighted by atomic mass is 16.2. The van der Waals surface area contributed by atoms with Crippen LogP contribution in [-0.4, -0.2) is 35.8 Å². The van der Waals surface area contributed by atoms with E-state index in [1.54, 1.807) is 24.3 Å². The van der Waals surface area contributed by atoms with E-state index in [9.17, 15) is 9.59 Å². The van der Waals surface area contributed by atoms with Crippen LogP contribution >= 0.6 is 0 Å². The third kappa shape index (κ3) is 3.53. The van der Waals surface area contributed by atoms with E-state index in [4.69, 9.17) is 5.26 Å². The van der Waals surface area contributed by atoms with Crippen LogP contribution in [-0.2, 0) is 4.79 Å². The molecule has 1 N–H and O–H groups in total. The van der Waals surface area contributed by atoms with E-state index in [0.717, 1.165) is 38.8 Å². The van der Waals surface area contributed by atoms with Gasteiger partial charge in [0.1, 0.15) is 0 Å². The fraction of sp³-hybridized carbons (Fsp3) is 0.500. The summed E-state index contributed by atoms with van der Waals surface area (Å²) in [6.45, 7) is 1.44. The lowest BCUT2D eigenvalue weighted by atomic mass is 9.84. The number of nitrogens with zero attached hydrogens (tertiary/aromatic N) is 2. The number of benzene rings is 1. The van der Waals surface area contributed by atoms with Gasteiger partial charge in [0, 0.05) is 30.6 Å². The molecule has 0 atom stereocenters. The van der Waals surface area contributed by atoms with E-state index < -0.39 is 0 Å². The van der Waals surface area contributed by atoms with E-state index in [0.29, 0.717) is 17.0 Å². The van der Waals surface area contributed by atoms with Gasteiger partial charge in [-0.05, 0) is 43.9 Å². The number of piperidine rings is 1. The highest BCUT2D eigenvalue weighted by molar-refractivity contribution is 5.94. The molecular formula is C18H21N3O2. The van der Waals surface area contributed by atoms with E-state index >= 15 is 0 Å². The van der Waals surface area contributed by atoms with Gasteiger partial charge >= 0.3 is 0 Å². The predicted molar refractivity (Wildman–Crippen MR) is 85.6 cm³/mol. The van der Waals surface area contributed by atoms with Crippen LogP contribution in [0.4, 0.5) is 0 Å². The minimum absolute atomic E-state index is 0.0960. The zero-order valence-corrected chi connectivity index (χ0v) is 13.1. The van der Waals surface area contributed by atoms with Crippen molar-refractivity contribution in [3.8, 4) is 6.07 Å². The van der Waals surface area contributed by atoms with Crippen molar-refractivity contribution in [2.24, 2.45) is 5.92 Å². The summed E-state index contributed by atoms with van der Waals surface area (Å²) in [6, 6.07) is 8.85. The van der Waals surface area contributed by atoms with Crippen LogP contribution in [0.5, 0.6) is 0 Å². The largest absolute Gasteiger partial charge is 0.349 e.